The average molecular weight is 254 g/mol. The number of nitrogens with one attached hydrogen (secondary N) is 1. The van der Waals surface area contributed by atoms with Crippen molar-refractivity contribution in [1.29, 1.82) is 0 Å². The zero-order chi connectivity index (χ0) is 13.8. The Morgan fingerprint density at radius 2 is 1.83 bits per heavy atom. The summed E-state index contributed by atoms with van der Waals surface area (Å²) < 4.78 is 0. The van der Waals surface area contributed by atoms with Gasteiger partial charge in [-0.1, -0.05) is 0 Å². The maximum Gasteiger partial charge on any atom is 0.252 e. The van der Waals surface area contributed by atoms with E-state index < -0.39 is 31.3 Å². The Hall–Kier alpha value is -1.63. The molecule has 100 valence electrons. The highest BCUT2D eigenvalue weighted by Crippen LogP contribution is 2.13. The lowest BCUT2D eigenvalue weighted by atomic mass is 10.0. The molecule has 0 saturated carbocycles. The summed E-state index contributed by atoms with van der Waals surface area (Å²) in [6.07, 6.45) is 0. The molecule has 0 saturated heterocycles. The number of benzene rings is 1. The van der Waals surface area contributed by atoms with Gasteiger partial charge in [0.1, 0.15) is 5.54 Å². The van der Waals surface area contributed by atoms with Crippen LogP contribution in [0.5, 0.6) is 0 Å². The standard InChI is InChI=1S/C12H18N2O4/c1-8-4-9(13)2-3-10(8)11(18)14-12(5-15,6-16)7-17/h2-4,15-17H,5-7,13H2,1H3,(H,14,18). The molecule has 0 heterocycles. The molecule has 0 aliphatic heterocycles. The number of rotatable bonds is 5. The predicted molar refractivity (Wildman–Crippen MR) is 67.0 cm³/mol. The average Bonchev–Trinajstić information content (AvgIpc) is 2.36. The van der Waals surface area contributed by atoms with Gasteiger partial charge in [0.2, 0.25) is 0 Å². The zero-order valence-electron chi connectivity index (χ0n) is 10.2. The first-order valence-electron chi connectivity index (χ1n) is 5.49. The first-order chi connectivity index (χ1) is 8.48. The summed E-state index contributed by atoms with van der Waals surface area (Å²) in [5.41, 5.74) is 5.75. The van der Waals surface area contributed by atoms with Crippen LogP contribution in [0.1, 0.15) is 15.9 Å². The number of carbonyl (C=O) groups excluding carboxylic acids is 1. The monoisotopic (exact) mass is 254 g/mol. The molecule has 0 aliphatic carbocycles. The van der Waals surface area contributed by atoms with E-state index in [1.807, 2.05) is 0 Å². The van der Waals surface area contributed by atoms with Crippen molar-refractivity contribution in [2.24, 2.45) is 0 Å². The van der Waals surface area contributed by atoms with Crippen molar-refractivity contribution in [3.8, 4) is 0 Å². The van der Waals surface area contributed by atoms with Crippen LogP contribution in [0.15, 0.2) is 18.2 Å². The number of carbonyl (C=O) groups is 1. The Labute approximate surface area is 105 Å². The first-order valence-corrected chi connectivity index (χ1v) is 5.49. The third-order valence-corrected chi connectivity index (χ3v) is 2.78. The summed E-state index contributed by atoms with van der Waals surface area (Å²) in [5, 5.41) is 29.8. The van der Waals surface area contributed by atoms with Crippen LogP contribution >= 0.6 is 0 Å². The van der Waals surface area contributed by atoms with Gasteiger partial charge in [0.05, 0.1) is 19.8 Å². The molecule has 0 unspecified atom stereocenters. The Balaban J connectivity index is 2.94. The number of anilines is 1. The summed E-state index contributed by atoms with van der Waals surface area (Å²) in [4.78, 5) is 12.0. The predicted octanol–water partition coefficient (Wildman–Crippen LogP) is -0.977. The highest BCUT2D eigenvalue weighted by molar-refractivity contribution is 5.96. The lowest BCUT2D eigenvalue weighted by molar-refractivity contribution is 0.0375. The fourth-order valence-electron chi connectivity index (χ4n) is 1.52. The van der Waals surface area contributed by atoms with Crippen molar-refractivity contribution in [3.05, 3.63) is 29.3 Å². The Morgan fingerprint density at radius 1 is 1.28 bits per heavy atom. The zero-order valence-corrected chi connectivity index (χ0v) is 10.2. The largest absolute Gasteiger partial charge is 0.399 e. The van der Waals surface area contributed by atoms with E-state index in [0.29, 0.717) is 16.8 Å². The van der Waals surface area contributed by atoms with Gasteiger partial charge in [0.25, 0.3) is 5.91 Å². The molecule has 6 N–H and O–H groups in total. The third-order valence-electron chi connectivity index (χ3n) is 2.78. The number of hydrogen-bond donors (Lipinski definition) is 5. The van der Waals surface area contributed by atoms with Gasteiger partial charge in [-0.3, -0.25) is 4.79 Å². The molecule has 0 spiro atoms. The molecule has 0 bridgehead atoms. The van der Waals surface area contributed by atoms with Gasteiger partial charge >= 0.3 is 0 Å². The van der Waals surface area contributed by atoms with Crippen LogP contribution < -0.4 is 11.1 Å². The summed E-state index contributed by atoms with van der Waals surface area (Å²) in [6, 6.07) is 4.78. The Morgan fingerprint density at radius 3 is 2.28 bits per heavy atom. The third kappa shape index (κ3) is 2.98. The number of nitrogens with two attached hydrogens (primary N) is 1. The maximum atomic E-state index is 12.0. The van der Waals surface area contributed by atoms with Gasteiger partial charge in [0, 0.05) is 11.3 Å². The van der Waals surface area contributed by atoms with Crippen molar-refractivity contribution in [2.75, 3.05) is 25.6 Å². The minimum Gasteiger partial charge on any atom is -0.399 e. The molecule has 1 amide bonds. The van der Waals surface area contributed by atoms with Crippen LogP contribution in [-0.2, 0) is 0 Å². The number of nitrogen functional groups attached to an aromatic ring is 1. The van der Waals surface area contributed by atoms with Gasteiger partial charge in [-0.25, -0.2) is 0 Å². The van der Waals surface area contributed by atoms with Gasteiger partial charge in [-0.2, -0.15) is 0 Å². The van der Waals surface area contributed by atoms with E-state index in [1.165, 1.54) is 0 Å². The van der Waals surface area contributed by atoms with Crippen LogP contribution in [0.3, 0.4) is 0 Å². The molecule has 1 aromatic carbocycles. The van der Waals surface area contributed by atoms with Crippen molar-refractivity contribution < 1.29 is 20.1 Å². The minimum absolute atomic E-state index is 0.379. The smallest absolute Gasteiger partial charge is 0.252 e. The van der Waals surface area contributed by atoms with Crippen LogP contribution in [-0.4, -0.2) is 46.6 Å². The van der Waals surface area contributed by atoms with Crippen LogP contribution in [0.25, 0.3) is 0 Å². The summed E-state index contributed by atoms with van der Waals surface area (Å²) >= 11 is 0. The fraction of sp³-hybridized carbons (Fsp3) is 0.417. The SMILES string of the molecule is Cc1cc(N)ccc1C(=O)NC(CO)(CO)CO. The molecular weight excluding hydrogens is 236 g/mol. The summed E-state index contributed by atoms with van der Waals surface area (Å²) in [6.45, 7) is 0.0586. The number of aliphatic hydroxyl groups excluding tert-OH is 3. The molecule has 0 radical (unpaired) electrons. The Kier molecular flexibility index (Phi) is 4.66. The second kappa shape index (κ2) is 5.81. The Bertz CT molecular complexity index is 422. The molecule has 6 nitrogen and oxygen atoms in total. The molecule has 0 aliphatic rings. The fourth-order valence-corrected chi connectivity index (χ4v) is 1.52. The highest BCUT2D eigenvalue weighted by atomic mass is 16.3. The summed E-state index contributed by atoms with van der Waals surface area (Å²) in [7, 11) is 0. The van der Waals surface area contributed by atoms with Crippen LogP contribution in [0, 0.1) is 6.92 Å². The van der Waals surface area contributed by atoms with E-state index in [-0.39, 0.29) is 0 Å². The van der Waals surface area contributed by atoms with Crippen molar-refractivity contribution in [1.82, 2.24) is 5.32 Å². The second-order valence-corrected chi connectivity index (χ2v) is 4.28. The van der Waals surface area contributed by atoms with E-state index in [9.17, 15) is 4.79 Å². The van der Waals surface area contributed by atoms with E-state index in [4.69, 9.17) is 21.1 Å². The lowest BCUT2D eigenvalue weighted by Crippen LogP contribution is -2.57. The van der Waals surface area contributed by atoms with Crippen molar-refractivity contribution >= 4 is 11.6 Å². The molecule has 1 rings (SSSR count). The molecule has 0 fully saturated rings. The number of hydrogen-bond acceptors (Lipinski definition) is 5. The van der Waals surface area contributed by atoms with E-state index in [0.717, 1.165) is 0 Å². The molecular formula is C12H18N2O4. The molecule has 1 aromatic rings. The first kappa shape index (κ1) is 14.4. The second-order valence-electron chi connectivity index (χ2n) is 4.28. The van der Waals surface area contributed by atoms with Crippen LogP contribution in [0.4, 0.5) is 5.69 Å². The molecule has 0 atom stereocenters. The van der Waals surface area contributed by atoms with Gasteiger partial charge in [-0.15, -0.1) is 0 Å². The number of aryl methyl sites for hydroxylation is 1. The number of aliphatic hydroxyl groups is 3. The van der Waals surface area contributed by atoms with Crippen LogP contribution in [0.2, 0.25) is 0 Å². The molecule has 0 aromatic heterocycles. The van der Waals surface area contributed by atoms with Gasteiger partial charge in [-0.05, 0) is 30.7 Å². The summed E-state index contributed by atoms with van der Waals surface area (Å²) in [5.74, 6) is -0.482. The highest BCUT2D eigenvalue weighted by Gasteiger charge is 2.30. The quantitative estimate of drug-likeness (QED) is 0.433. The van der Waals surface area contributed by atoms with Crippen molar-refractivity contribution in [3.63, 3.8) is 0 Å². The van der Waals surface area contributed by atoms with Gasteiger partial charge < -0.3 is 26.4 Å². The van der Waals surface area contributed by atoms with Gasteiger partial charge in [0.15, 0.2) is 0 Å². The molecule has 6 heteroatoms. The lowest BCUT2D eigenvalue weighted by Gasteiger charge is -2.28. The maximum absolute atomic E-state index is 12.0. The van der Waals surface area contributed by atoms with E-state index in [2.05, 4.69) is 5.32 Å². The topological polar surface area (TPSA) is 116 Å². The van der Waals surface area contributed by atoms with Crippen molar-refractivity contribution in [2.45, 2.75) is 12.5 Å². The normalized spacial score (nSPS) is 11.3. The molecule has 18 heavy (non-hydrogen) atoms. The van der Waals surface area contributed by atoms with E-state index >= 15 is 0 Å². The van der Waals surface area contributed by atoms with E-state index in [1.54, 1.807) is 25.1 Å². The number of amides is 1. The minimum atomic E-state index is -1.43.